The van der Waals surface area contributed by atoms with Gasteiger partial charge in [0.05, 0.1) is 11.0 Å². The Balaban J connectivity index is 1.07. The van der Waals surface area contributed by atoms with Gasteiger partial charge >= 0.3 is 0 Å². The summed E-state index contributed by atoms with van der Waals surface area (Å²) in [5.74, 6) is 0. The van der Waals surface area contributed by atoms with Gasteiger partial charge in [0.15, 0.2) is 0 Å². The van der Waals surface area contributed by atoms with Gasteiger partial charge in [0.25, 0.3) is 0 Å². The van der Waals surface area contributed by atoms with E-state index in [9.17, 15) is 0 Å². The van der Waals surface area contributed by atoms with Gasteiger partial charge in [-0.15, -0.1) is 0 Å². The molecule has 10 rings (SSSR count). The molecule has 0 fully saturated rings. The van der Waals surface area contributed by atoms with Gasteiger partial charge in [-0.3, -0.25) is 0 Å². The van der Waals surface area contributed by atoms with Gasteiger partial charge in [-0.25, -0.2) is 0 Å². The molecule has 1 nitrogen and oxygen atoms in total. The summed E-state index contributed by atoms with van der Waals surface area (Å²) in [4.78, 5) is 0. The molecule has 262 valence electrons. The summed E-state index contributed by atoms with van der Waals surface area (Å²) in [6.07, 6.45) is 8.79. The van der Waals surface area contributed by atoms with Crippen molar-refractivity contribution in [1.82, 2.24) is 4.57 Å². The Morgan fingerprint density at radius 2 is 1.15 bits per heavy atom. The molecular weight excluding hydrogens is 663 g/mol. The first-order valence-electron chi connectivity index (χ1n) is 19.3. The summed E-state index contributed by atoms with van der Waals surface area (Å²) in [7, 11) is 0. The fourth-order valence-electron chi connectivity index (χ4n) is 8.91. The minimum atomic E-state index is -0.0699. The Morgan fingerprint density at radius 1 is 0.455 bits per heavy atom. The highest BCUT2D eigenvalue weighted by Crippen LogP contribution is 2.49. The minimum Gasteiger partial charge on any atom is -0.309 e. The quantitative estimate of drug-likeness (QED) is 0.152. The van der Waals surface area contributed by atoms with Crippen molar-refractivity contribution in [3.63, 3.8) is 0 Å². The van der Waals surface area contributed by atoms with Crippen molar-refractivity contribution < 1.29 is 0 Å². The van der Waals surface area contributed by atoms with Crippen LogP contribution in [0.15, 0.2) is 176 Å². The van der Waals surface area contributed by atoms with E-state index in [0.29, 0.717) is 0 Å². The lowest BCUT2D eigenvalue weighted by molar-refractivity contribution is 0.660. The number of allylic oxidation sites excluding steroid dienone is 1. The zero-order valence-corrected chi connectivity index (χ0v) is 31.4. The summed E-state index contributed by atoms with van der Waals surface area (Å²) in [5, 5.41) is 5.10. The highest BCUT2D eigenvalue weighted by molar-refractivity contribution is 6.22. The van der Waals surface area contributed by atoms with Gasteiger partial charge in [0, 0.05) is 21.9 Å². The highest BCUT2D eigenvalue weighted by atomic mass is 15.0. The van der Waals surface area contributed by atoms with Gasteiger partial charge in [-0.2, -0.15) is 0 Å². The number of nitrogens with zero attached hydrogens (tertiary/aromatic N) is 1. The van der Waals surface area contributed by atoms with Crippen LogP contribution in [0.3, 0.4) is 0 Å². The largest absolute Gasteiger partial charge is 0.309 e. The maximum absolute atomic E-state index is 2.48. The Hall–Kier alpha value is -6.70. The predicted molar refractivity (Wildman–Crippen MR) is 237 cm³/mol. The van der Waals surface area contributed by atoms with E-state index in [1.165, 1.54) is 99.5 Å². The van der Waals surface area contributed by atoms with E-state index in [-0.39, 0.29) is 5.41 Å². The third kappa shape index (κ3) is 5.46. The molecule has 0 atom stereocenters. The number of rotatable bonds is 6. The maximum Gasteiger partial charge on any atom is 0.0547 e. The molecule has 0 radical (unpaired) electrons. The molecular formula is C54H41N. The highest BCUT2D eigenvalue weighted by Gasteiger charge is 2.35. The molecule has 8 aromatic carbocycles. The molecule has 1 aliphatic rings. The van der Waals surface area contributed by atoms with Crippen LogP contribution in [-0.4, -0.2) is 4.57 Å². The molecule has 1 heteroatoms. The second-order valence-corrected chi connectivity index (χ2v) is 15.3. The van der Waals surface area contributed by atoms with Crippen molar-refractivity contribution in [1.29, 1.82) is 0 Å². The third-order valence-electron chi connectivity index (χ3n) is 11.7. The standard InChI is InChI=1S/C54H41N/c1-4-12-41-33-42(26-25-39(41)24-21-36-19-22-38(23-20-36)37-13-6-5-7-14-37)43-28-31-51-48(34-43)53-45-16-9-8-15-40(45)27-32-52(53)55(51)44-29-30-47-46-17-10-11-18-49(46)54(2,3)50(47)35-44/h4-35H,1-3H3/b12-4-,24-21-. The molecule has 1 heterocycles. The summed E-state index contributed by atoms with van der Waals surface area (Å²) < 4.78 is 2.48. The summed E-state index contributed by atoms with van der Waals surface area (Å²) >= 11 is 0. The molecule has 1 aromatic heterocycles. The van der Waals surface area contributed by atoms with Crippen LogP contribution in [0.4, 0.5) is 0 Å². The van der Waals surface area contributed by atoms with E-state index >= 15 is 0 Å². The molecule has 55 heavy (non-hydrogen) atoms. The van der Waals surface area contributed by atoms with Crippen LogP contribution >= 0.6 is 0 Å². The number of hydrogen-bond donors (Lipinski definition) is 0. The lowest BCUT2D eigenvalue weighted by Crippen LogP contribution is -2.15. The Bertz CT molecular complexity index is 2990. The van der Waals surface area contributed by atoms with E-state index in [1.54, 1.807) is 0 Å². The maximum atomic E-state index is 2.48. The zero-order chi connectivity index (χ0) is 37.1. The lowest BCUT2D eigenvalue weighted by Gasteiger charge is -2.22. The summed E-state index contributed by atoms with van der Waals surface area (Å²) in [6, 6.07) is 62.6. The summed E-state index contributed by atoms with van der Waals surface area (Å²) in [5.41, 5.74) is 17.5. The molecule has 0 aliphatic heterocycles. The first-order chi connectivity index (χ1) is 27.0. The molecule has 1 aliphatic carbocycles. The van der Waals surface area contributed by atoms with E-state index in [2.05, 4.69) is 220 Å². The van der Waals surface area contributed by atoms with Gasteiger partial charge in [0.2, 0.25) is 0 Å². The topological polar surface area (TPSA) is 4.93 Å². The van der Waals surface area contributed by atoms with Gasteiger partial charge in [0.1, 0.15) is 0 Å². The van der Waals surface area contributed by atoms with Crippen molar-refractivity contribution in [2.75, 3.05) is 0 Å². The van der Waals surface area contributed by atoms with Crippen LogP contribution in [0, 0.1) is 0 Å². The molecule has 0 amide bonds. The number of hydrogen-bond acceptors (Lipinski definition) is 0. The molecule has 0 spiro atoms. The van der Waals surface area contributed by atoms with Crippen molar-refractivity contribution in [2.24, 2.45) is 0 Å². The Labute approximate surface area is 323 Å². The third-order valence-corrected chi connectivity index (χ3v) is 11.7. The van der Waals surface area contributed by atoms with Crippen LogP contribution in [0.2, 0.25) is 0 Å². The minimum absolute atomic E-state index is 0.0699. The molecule has 0 saturated carbocycles. The Morgan fingerprint density at radius 3 is 2.00 bits per heavy atom. The first-order valence-corrected chi connectivity index (χ1v) is 19.3. The average Bonchev–Trinajstić information content (AvgIpc) is 3.69. The molecule has 0 bridgehead atoms. The number of benzene rings is 8. The predicted octanol–water partition coefficient (Wildman–Crippen LogP) is 14.8. The van der Waals surface area contributed by atoms with Crippen LogP contribution in [-0.2, 0) is 5.41 Å². The molecule has 0 saturated heterocycles. The Kier molecular flexibility index (Phi) is 7.78. The average molecular weight is 704 g/mol. The van der Waals surface area contributed by atoms with Crippen LogP contribution in [0.1, 0.15) is 48.6 Å². The van der Waals surface area contributed by atoms with Crippen molar-refractivity contribution in [3.8, 4) is 39.1 Å². The molecule has 0 N–H and O–H groups in total. The van der Waals surface area contributed by atoms with Gasteiger partial charge in [-0.05, 0) is 115 Å². The van der Waals surface area contributed by atoms with Crippen molar-refractivity contribution in [2.45, 2.75) is 26.2 Å². The van der Waals surface area contributed by atoms with Gasteiger partial charge < -0.3 is 4.57 Å². The first kappa shape index (κ1) is 32.9. The second-order valence-electron chi connectivity index (χ2n) is 15.3. The number of aromatic nitrogens is 1. The normalized spacial score (nSPS) is 13.4. The zero-order valence-electron chi connectivity index (χ0n) is 31.4. The van der Waals surface area contributed by atoms with Crippen LogP contribution in [0.5, 0.6) is 0 Å². The fourth-order valence-corrected chi connectivity index (χ4v) is 8.91. The fraction of sp³-hybridized carbons (Fsp3) is 0.0741. The lowest BCUT2D eigenvalue weighted by atomic mass is 9.82. The molecule has 9 aromatic rings. The monoisotopic (exact) mass is 703 g/mol. The molecule has 0 unspecified atom stereocenters. The van der Waals surface area contributed by atoms with E-state index in [4.69, 9.17) is 0 Å². The SMILES string of the molecule is C/C=C\c1cc(-c2ccc3c(c2)c2c4ccccc4ccc2n3-c2ccc3c(c2)C(C)(C)c2ccccc2-3)ccc1/C=C\c1ccc(-c2ccccc2)cc1. The van der Waals surface area contributed by atoms with Crippen molar-refractivity contribution >= 4 is 50.8 Å². The number of fused-ring (bicyclic) bond motifs is 8. The smallest absolute Gasteiger partial charge is 0.0547 e. The van der Waals surface area contributed by atoms with Crippen molar-refractivity contribution in [3.05, 3.63) is 204 Å². The van der Waals surface area contributed by atoms with Gasteiger partial charge in [-0.1, -0.05) is 172 Å². The van der Waals surface area contributed by atoms with E-state index in [1.807, 2.05) is 0 Å². The summed E-state index contributed by atoms with van der Waals surface area (Å²) in [6.45, 7) is 6.81. The van der Waals surface area contributed by atoms with E-state index in [0.717, 1.165) is 0 Å². The van der Waals surface area contributed by atoms with Crippen LogP contribution in [0.25, 0.3) is 89.9 Å². The second kappa shape index (κ2) is 13.0. The van der Waals surface area contributed by atoms with E-state index < -0.39 is 0 Å². The van der Waals surface area contributed by atoms with Crippen LogP contribution < -0.4 is 0 Å².